The zero-order valence-electron chi connectivity index (χ0n) is 15.0. The van der Waals surface area contributed by atoms with Crippen LogP contribution in [0.1, 0.15) is 16.8 Å². The normalized spacial score (nSPS) is 10.8. The van der Waals surface area contributed by atoms with Crippen LogP contribution in [0.15, 0.2) is 47.3 Å². The molecule has 0 saturated carbocycles. The molecule has 26 heavy (non-hydrogen) atoms. The number of benzene rings is 1. The number of aryl methyl sites for hydroxylation is 2. The van der Waals surface area contributed by atoms with Crippen LogP contribution in [0.25, 0.3) is 0 Å². The Bertz CT molecular complexity index is 897. The Morgan fingerprint density at radius 1 is 1.27 bits per heavy atom. The molecule has 0 bridgehead atoms. The molecule has 0 aliphatic carbocycles. The number of nitrogens with zero attached hydrogens (tertiary/aromatic N) is 5. The molecule has 2 aromatic heterocycles. The number of anilines is 1. The van der Waals surface area contributed by atoms with Crippen molar-refractivity contribution in [1.82, 2.24) is 24.5 Å². The second-order valence-electron chi connectivity index (χ2n) is 6.20. The van der Waals surface area contributed by atoms with Crippen molar-refractivity contribution in [2.45, 2.75) is 20.0 Å². The van der Waals surface area contributed by atoms with Crippen molar-refractivity contribution in [3.05, 3.63) is 64.1 Å². The SMILES string of the molecule is Cc1ccccc1Cn1cc(NC(=S)N(C)Cc2c(Br)cnn2C)cn1. The quantitative estimate of drug-likeness (QED) is 0.624. The molecule has 1 aromatic carbocycles. The molecule has 0 amide bonds. The van der Waals surface area contributed by atoms with Crippen LogP contribution in [0.4, 0.5) is 5.69 Å². The van der Waals surface area contributed by atoms with Crippen molar-refractivity contribution in [3.63, 3.8) is 0 Å². The molecule has 0 unspecified atom stereocenters. The number of hydrogen-bond donors (Lipinski definition) is 1. The summed E-state index contributed by atoms with van der Waals surface area (Å²) in [6.45, 7) is 3.50. The number of halogens is 1. The number of hydrogen-bond acceptors (Lipinski definition) is 3. The molecule has 0 radical (unpaired) electrons. The zero-order chi connectivity index (χ0) is 18.7. The average molecular weight is 433 g/mol. The van der Waals surface area contributed by atoms with Gasteiger partial charge in [-0.15, -0.1) is 0 Å². The molecule has 3 rings (SSSR count). The fourth-order valence-electron chi connectivity index (χ4n) is 2.61. The molecule has 1 N–H and O–H groups in total. The van der Waals surface area contributed by atoms with Crippen LogP contribution in [0.5, 0.6) is 0 Å². The molecule has 2 heterocycles. The zero-order valence-corrected chi connectivity index (χ0v) is 17.4. The van der Waals surface area contributed by atoms with E-state index < -0.39 is 0 Å². The van der Waals surface area contributed by atoms with Gasteiger partial charge in [0.05, 0.1) is 41.3 Å². The lowest BCUT2D eigenvalue weighted by Gasteiger charge is -2.20. The Hall–Kier alpha value is -2.19. The van der Waals surface area contributed by atoms with E-state index in [0.717, 1.165) is 22.4 Å². The van der Waals surface area contributed by atoms with E-state index in [1.807, 2.05) is 46.7 Å². The highest BCUT2D eigenvalue weighted by molar-refractivity contribution is 9.10. The minimum Gasteiger partial charge on any atom is -0.346 e. The predicted molar refractivity (Wildman–Crippen MR) is 111 cm³/mol. The van der Waals surface area contributed by atoms with E-state index in [2.05, 4.69) is 50.5 Å². The molecule has 0 fully saturated rings. The van der Waals surface area contributed by atoms with Crippen molar-refractivity contribution in [2.75, 3.05) is 12.4 Å². The Labute approximate surface area is 166 Å². The van der Waals surface area contributed by atoms with E-state index in [0.29, 0.717) is 11.7 Å². The van der Waals surface area contributed by atoms with Crippen molar-refractivity contribution >= 4 is 38.9 Å². The van der Waals surface area contributed by atoms with Gasteiger partial charge in [0.25, 0.3) is 0 Å². The van der Waals surface area contributed by atoms with E-state index in [-0.39, 0.29) is 0 Å². The van der Waals surface area contributed by atoms with Crippen LogP contribution < -0.4 is 5.32 Å². The second-order valence-corrected chi connectivity index (χ2v) is 7.44. The van der Waals surface area contributed by atoms with Gasteiger partial charge in [0, 0.05) is 20.3 Å². The lowest BCUT2D eigenvalue weighted by atomic mass is 10.1. The number of nitrogens with one attached hydrogen (secondary N) is 1. The van der Waals surface area contributed by atoms with Gasteiger partial charge in [-0.05, 0) is 46.2 Å². The monoisotopic (exact) mass is 432 g/mol. The largest absolute Gasteiger partial charge is 0.346 e. The van der Waals surface area contributed by atoms with Gasteiger partial charge >= 0.3 is 0 Å². The summed E-state index contributed by atoms with van der Waals surface area (Å²) >= 11 is 9.03. The summed E-state index contributed by atoms with van der Waals surface area (Å²) in [6, 6.07) is 8.32. The van der Waals surface area contributed by atoms with Crippen LogP contribution >= 0.6 is 28.1 Å². The maximum atomic E-state index is 5.51. The smallest absolute Gasteiger partial charge is 0.173 e. The van der Waals surface area contributed by atoms with Crippen molar-refractivity contribution in [1.29, 1.82) is 0 Å². The van der Waals surface area contributed by atoms with Gasteiger partial charge in [-0.3, -0.25) is 9.36 Å². The molecule has 136 valence electrons. The molecule has 0 saturated heterocycles. The Morgan fingerprint density at radius 3 is 2.73 bits per heavy atom. The van der Waals surface area contributed by atoms with Crippen molar-refractivity contribution in [3.8, 4) is 0 Å². The van der Waals surface area contributed by atoms with Crippen LogP contribution in [-0.4, -0.2) is 36.6 Å². The Balaban J connectivity index is 1.61. The Kier molecular flexibility index (Phi) is 5.73. The molecule has 0 aliphatic rings. The van der Waals surface area contributed by atoms with E-state index in [1.165, 1.54) is 11.1 Å². The molecule has 3 aromatic rings. The van der Waals surface area contributed by atoms with Crippen molar-refractivity contribution < 1.29 is 0 Å². The molecular formula is C18H21BrN6S. The van der Waals surface area contributed by atoms with Crippen molar-refractivity contribution in [2.24, 2.45) is 7.05 Å². The molecule has 0 atom stereocenters. The highest BCUT2D eigenvalue weighted by atomic mass is 79.9. The molecular weight excluding hydrogens is 412 g/mol. The summed E-state index contributed by atoms with van der Waals surface area (Å²) in [5.74, 6) is 0. The molecule has 0 aliphatic heterocycles. The summed E-state index contributed by atoms with van der Waals surface area (Å²) < 4.78 is 4.72. The fourth-order valence-corrected chi connectivity index (χ4v) is 3.26. The van der Waals surface area contributed by atoms with Gasteiger partial charge in [0.2, 0.25) is 0 Å². The van der Waals surface area contributed by atoms with Crippen LogP contribution in [0.2, 0.25) is 0 Å². The van der Waals surface area contributed by atoms with Gasteiger partial charge in [-0.25, -0.2) is 0 Å². The summed E-state index contributed by atoms with van der Waals surface area (Å²) in [5, 5.41) is 12.5. The second kappa shape index (κ2) is 8.01. The summed E-state index contributed by atoms with van der Waals surface area (Å²) in [6.07, 6.45) is 5.54. The van der Waals surface area contributed by atoms with E-state index in [4.69, 9.17) is 12.2 Å². The first-order valence-corrected chi connectivity index (χ1v) is 9.39. The molecule has 0 spiro atoms. The topological polar surface area (TPSA) is 50.9 Å². The number of thiocarbonyl (C=S) groups is 1. The number of aromatic nitrogens is 4. The minimum absolute atomic E-state index is 0.633. The third kappa shape index (κ3) is 4.31. The van der Waals surface area contributed by atoms with Gasteiger partial charge in [-0.1, -0.05) is 24.3 Å². The van der Waals surface area contributed by atoms with Crippen LogP contribution in [0, 0.1) is 6.92 Å². The summed E-state index contributed by atoms with van der Waals surface area (Å²) in [4.78, 5) is 1.97. The maximum Gasteiger partial charge on any atom is 0.173 e. The van der Waals surface area contributed by atoms with Crippen LogP contribution in [-0.2, 0) is 20.1 Å². The van der Waals surface area contributed by atoms with Gasteiger partial charge < -0.3 is 10.2 Å². The third-order valence-corrected chi connectivity index (χ3v) is 5.30. The predicted octanol–water partition coefficient (Wildman–Crippen LogP) is 3.56. The van der Waals surface area contributed by atoms with E-state index in [1.54, 1.807) is 12.4 Å². The first-order valence-electron chi connectivity index (χ1n) is 8.19. The summed E-state index contributed by atoms with van der Waals surface area (Å²) in [5.41, 5.74) is 4.45. The summed E-state index contributed by atoms with van der Waals surface area (Å²) in [7, 11) is 3.87. The lowest BCUT2D eigenvalue weighted by Crippen LogP contribution is -2.31. The van der Waals surface area contributed by atoms with Crippen LogP contribution in [0.3, 0.4) is 0 Å². The minimum atomic E-state index is 0.633. The van der Waals surface area contributed by atoms with Gasteiger partial charge in [-0.2, -0.15) is 10.2 Å². The lowest BCUT2D eigenvalue weighted by molar-refractivity contribution is 0.481. The molecule has 6 nitrogen and oxygen atoms in total. The van der Waals surface area contributed by atoms with Gasteiger partial charge in [0.1, 0.15) is 0 Å². The van der Waals surface area contributed by atoms with Gasteiger partial charge in [0.15, 0.2) is 5.11 Å². The first kappa shape index (κ1) is 18.6. The maximum absolute atomic E-state index is 5.51. The van der Waals surface area contributed by atoms with E-state index >= 15 is 0 Å². The highest BCUT2D eigenvalue weighted by Crippen LogP contribution is 2.17. The highest BCUT2D eigenvalue weighted by Gasteiger charge is 2.12. The van der Waals surface area contributed by atoms with E-state index in [9.17, 15) is 0 Å². The standard InChI is InChI=1S/C18H21BrN6S/c1-13-6-4-5-7-14(13)10-25-11-15(8-21-25)22-18(26)23(2)12-17-16(19)9-20-24(17)3/h4-9,11H,10,12H2,1-3H3,(H,22,26). The first-order chi connectivity index (χ1) is 12.4. The average Bonchev–Trinajstić information content (AvgIpc) is 3.18. The number of rotatable bonds is 5. The molecule has 8 heteroatoms. The Morgan fingerprint density at radius 2 is 2.04 bits per heavy atom. The third-order valence-electron chi connectivity index (χ3n) is 4.22. The fraction of sp³-hybridized carbons (Fsp3) is 0.278.